The number of rotatable bonds is 29. The van der Waals surface area contributed by atoms with Gasteiger partial charge in [-0.15, -0.1) is 32.9 Å². The van der Waals surface area contributed by atoms with Gasteiger partial charge in [0.25, 0.3) is 0 Å². The summed E-state index contributed by atoms with van der Waals surface area (Å²) >= 11 is 0. The van der Waals surface area contributed by atoms with Gasteiger partial charge in [0.15, 0.2) is 0 Å². The largest absolute Gasteiger partial charge is 0.361 e. The predicted molar refractivity (Wildman–Crippen MR) is 245 cm³/mol. The Kier molecular flexibility index (Phi) is 43.1. The highest BCUT2D eigenvalue weighted by atomic mass is 31.2. The van der Waals surface area contributed by atoms with Gasteiger partial charge in [0.05, 0.1) is 63.4 Å². The minimum absolute atomic E-state index is 0.0868. The van der Waals surface area contributed by atoms with E-state index < -0.39 is 38.0 Å². The van der Waals surface area contributed by atoms with E-state index in [9.17, 15) is 22.8 Å². The molecule has 1 aromatic rings. The Morgan fingerprint density at radius 3 is 1.32 bits per heavy atom. The summed E-state index contributed by atoms with van der Waals surface area (Å²) in [5.41, 5.74) is 1.19. The zero-order chi connectivity index (χ0) is 46.3. The number of hydrogen-bond acceptors (Lipinski definition) is 11. The monoisotopic (exact) mass is 938 g/mol. The van der Waals surface area contributed by atoms with E-state index in [4.69, 9.17) is 37.7 Å². The Hall–Kier alpha value is -1.33. The first-order valence-electron chi connectivity index (χ1n) is 19.5. The quantitative estimate of drug-likeness (QED) is 0.0333. The van der Waals surface area contributed by atoms with Crippen molar-refractivity contribution in [2.75, 3.05) is 64.8 Å². The summed E-state index contributed by atoms with van der Waals surface area (Å²) in [5.74, 6) is 0. The molecule has 0 aliphatic carbocycles. The van der Waals surface area contributed by atoms with Gasteiger partial charge < -0.3 is 46.7 Å². The fraction of sp³-hybridized carbons (Fsp3) is 0.590. The molecule has 2 atom stereocenters. The Morgan fingerprint density at radius 2 is 0.949 bits per heavy atom. The SMILES string of the molecule is C=CCCCCOP(C)(=O)O.C=CCCP(=O)(O)O.C=CCCP(=O)(O)OCC.C=CCCP(=O)(OCC)OCC.C=CCCc1ccc(P(=O)(OCC)OCC)cc1. The number of benzene rings is 1. The van der Waals surface area contributed by atoms with E-state index in [1.165, 1.54) is 18.3 Å². The zero-order valence-electron chi connectivity index (χ0n) is 36.3. The second kappa shape index (κ2) is 39.5. The van der Waals surface area contributed by atoms with Crippen LogP contribution in [0.4, 0.5) is 0 Å². The minimum Gasteiger partial charge on any atom is -0.324 e. The van der Waals surface area contributed by atoms with Gasteiger partial charge in [-0.05, 0) is 104 Å². The molecule has 20 heteroatoms. The van der Waals surface area contributed by atoms with Gasteiger partial charge in [-0.2, -0.15) is 0 Å². The van der Waals surface area contributed by atoms with Crippen molar-refractivity contribution < 1.29 is 69.5 Å². The molecule has 0 amide bonds. The van der Waals surface area contributed by atoms with Crippen molar-refractivity contribution >= 4 is 43.3 Å². The van der Waals surface area contributed by atoms with Gasteiger partial charge in [0, 0.05) is 6.66 Å². The highest BCUT2D eigenvalue weighted by Crippen LogP contribution is 2.48. The van der Waals surface area contributed by atoms with Crippen LogP contribution in [0.2, 0.25) is 0 Å². The van der Waals surface area contributed by atoms with E-state index in [-0.39, 0.29) is 18.9 Å². The first-order chi connectivity index (χ1) is 27.6. The maximum atomic E-state index is 12.5. The number of allylic oxidation sites excluding steroid dienone is 5. The first-order valence-corrected chi connectivity index (χ1v) is 28.3. The van der Waals surface area contributed by atoms with Gasteiger partial charge in [0.1, 0.15) is 0 Å². The molecule has 0 aliphatic rings. The molecule has 0 fully saturated rings. The van der Waals surface area contributed by atoms with Crippen LogP contribution in [0.5, 0.6) is 0 Å². The fourth-order valence-corrected chi connectivity index (χ4v) is 9.07. The van der Waals surface area contributed by atoms with Crippen LogP contribution in [0.3, 0.4) is 0 Å². The van der Waals surface area contributed by atoms with Crippen molar-refractivity contribution in [1.29, 1.82) is 0 Å². The third-order valence-electron chi connectivity index (χ3n) is 6.45. The molecule has 0 radical (unpaired) electrons. The summed E-state index contributed by atoms with van der Waals surface area (Å²) < 4.78 is 85.6. The lowest BCUT2D eigenvalue weighted by Gasteiger charge is -2.17. The summed E-state index contributed by atoms with van der Waals surface area (Å²) in [4.78, 5) is 34.0. The van der Waals surface area contributed by atoms with Crippen LogP contribution in [-0.2, 0) is 56.4 Å². The van der Waals surface area contributed by atoms with E-state index >= 15 is 0 Å². The van der Waals surface area contributed by atoms with Crippen LogP contribution in [0, 0.1) is 0 Å². The van der Waals surface area contributed by atoms with Crippen LogP contribution in [0.25, 0.3) is 0 Å². The van der Waals surface area contributed by atoms with E-state index in [0.29, 0.717) is 63.8 Å². The lowest BCUT2D eigenvalue weighted by atomic mass is 10.1. The molecule has 346 valence electrons. The van der Waals surface area contributed by atoms with Crippen LogP contribution < -0.4 is 5.30 Å². The second-order valence-corrected chi connectivity index (χ2v) is 21.7. The van der Waals surface area contributed by atoms with Gasteiger partial charge in [-0.1, -0.05) is 42.5 Å². The molecule has 0 spiro atoms. The maximum Gasteiger partial charge on any atom is 0.361 e. The third-order valence-corrected chi connectivity index (χ3v) is 13.7. The molecule has 1 rings (SSSR count). The normalized spacial score (nSPS) is 13.1. The lowest BCUT2D eigenvalue weighted by molar-refractivity contribution is 0.220. The Bertz CT molecular complexity index is 1450. The molecular formula is C39H75O15P5. The van der Waals surface area contributed by atoms with E-state index in [1.807, 2.05) is 50.3 Å². The summed E-state index contributed by atoms with van der Waals surface area (Å²) in [7, 11) is -16.2. The van der Waals surface area contributed by atoms with Crippen molar-refractivity contribution in [3.05, 3.63) is 93.1 Å². The molecule has 0 heterocycles. The van der Waals surface area contributed by atoms with Crippen molar-refractivity contribution in [3.63, 3.8) is 0 Å². The Labute approximate surface area is 355 Å². The third kappa shape index (κ3) is 44.5. The van der Waals surface area contributed by atoms with Gasteiger partial charge in [-0.3, -0.25) is 22.8 Å². The van der Waals surface area contributed by atoms with E-state index in [2.05, 4.69) is 41.9 Å². The average Bonchev–Trinajstić information content (AvgIpc) is 3.15. The molecule has 0 aromatic heterocycles. The molecule has 0 saturated heterocycles. The predicted octanol–water partition coefficient (Wildman–Crippen LogP) is 11.2. The Balaban J connectivity index is -0.000000331. The smallest absolute Gasteiger partial charge is 0.324 e. The van der Waals surface area contributed by atoms with Crippen LogP contribution in [-0.4, -0.2) is 84.4 Å². The lowest BCUT2D eigenvalue weighted by Crippen LogP contribution is -2.10. The van der Waals surface area contributed by atoms with Crippen molar-refractivity contribution in [1.82, 2.24) is 0 Å². The number of aryl methyl sites for hydroxylation is 1. The number of unbranched alkanes of at least 4 members (excludes halogenated alkanes) is 2. The van der Waals surface area contributed by atoms with Crippen LogP contribution in [0.15, 0.2) is 87.5 Å². The van der Waals surface area contributed by atoms with Crippen molar-refractivity contribution in [2.45, 2.75) is 86.0 Å². The van der Waals surface area contributed by atoms with Gasteiger partial charge in [-0.25, -0.2) is 0 Å². The summed E-state index contributed by atoms with van der Waals surface area (Å²) in [6, 6.07) is 7.57. The topological polar surface area (TPSA) is 222 Å². The molecule has 4 N–H and O–H groups in total. The molecular weight excluding hydrogens is 863 g/mol. The molecule has 15 nitrogen and oxygen atoms in total. The maximum absolute atomic E-state index is 12.5. The zero-order valence-corrected chi connectivity index (χ0v) is 40.7. The number of hydrogen-bond donors (Lipinski definition) is 4. The van der Waals surface area contributed by atoms with E-state index in [1.54, 1.807) is 32.9 Å². The standard InChI is InChI=1S/C14H21O3P.C8H17O3P.C7H15O3P.C6H13O3P.C4H9O3P/c1-4-7-8-13-9-11-14(12-10-13)18(15,16-5-2)17-6-3;1-4-7-8-12(9,10-5-2)11-6-3;1-3-4-5-6-7-10-11(2,8)9;1-3-5-6-10(7,8)9-4-2;1-2-3-4-8(5,6)7/h4,9-12H,1,5-8H2,2-3H3;4H,1,5-8H2,2-3H3;3H,1,4-7H2,2H3,(H,8,9);3H,1,4-6H2,2H3,(H,7,8);2H,1,3-4H2,(H2,5,6,7). The second-order valence-electron chi connectivity index (χ2n) is 11.8. The van der Waals surface area contributed by atoms with Crippen molar-refractivity contribution in [2.24, 2.45) is 0 Å². The summed E-state index contributed by atoms with van der Waals surface area (Å²) in [5, 5.41) is 0.619. The Morgan fingerprint density at radius 1 is 0.525 bits per heavy atom. The molecule has 0 bridgehead atoms. The molecule has 0 aliphatic heterocycles. The first kappa shape index (κ1) is 64.3. The molecule has 59 heavy (non-hydrogen) atoms. The minimum atomic E-state index is -3.75. The molecule has 1 aromatic carbocycles. The van der Waals surface area contributed by atoms with E-state index in [0.717, 1.165) is 32.1 Å². The summed E-state index contributed by atoms with van der Waals surface area (Å²) in [6.07, 6.45) is 15.2. The van der Waals surface area contributed by atoms with Gasteiger partial charge in [0.2, 0.25) is 0 Å². The highest BCUT2D eigenvalue weighted by Gasteiger charge is 2.26. The highest BCUT2D eigenvalue weighted by molar-refractivity contribution is 7.62. The fourth-order valence-electron chi connectivity index (χ4n) is 3.85. The average molecular weight is 939 g/mol. The van der Waals surface area contributed by atoms with Gasteiger partial charge >= 0.3 is 38.0 Å². The molecule has 2 unspecified atom stereocenters. The molecule has 0 saturated carbocycles. The van der Waals surface area contributed by atoms with Crippen LogP contribution >= 0.6 is 38.0 Å². The summed E-state index contributed by atoms with van der Waals surface area (Å²) in [6.45, 7) is 29.9. The van der Waals surface area contributed by atoms with Crippen LogP contribution in [0.1, 0.15) is 85.1 Å². The van der Waals surface area contributed by atoms with Crippen molar-refractivity contribution in [3.8, 4) is 0 Å².